The summed E-state index contributed by atoms with van der Waals surface area (Å²) in [6.07, 6.45) is 6.58. The molecule has 0 atom stereocenters. The molecule has 0 unspecified atom stereocenters. The Morgan fingerprint density at radius 2 is 1.92 bits per heavy atom. The average molecular weight is 324 g/mol. The van der Waals surface area contributed by atoms with E-state index in [2.05, 4.69) is 21.4 Å². The summed E-state index contributed by atoms with van der Waals surface area (Å²) in [4.78, 5) is 5.47. The number of nitriles is 1. The second-order valence-corrected chi connectivity index (χ2v) is 5.10. The largest absolute Gasteiger partial charge is 0.497 e. The lowest BCUT2D eigenvalue weighted by Gasteiger charge is -2.08. The van der Waals surface area contributed by atoms with Gasteiger partial charge in [0.05, 0.1) is 25.6 Å². The van der Waals surface area contributed by atoms with Gasteiger partial charge in [-0.3, -0.25) is 0 Å². The van der Waals surface area contributed by atoms with Gasteiger partial charge in [-0.15, -0.1) is 0 Å². The van der Waals surface area contributed by atoms with E-state index in [1.165, 1.54) is 0 Å². The van der Waals surface area contributed by atoms with Crippen molar-refractivity contribution >= 4 is 5.71 Å². The number of methoxy groups -OCH3 is 1. The van der Waals surface area contributed by atoms with E-state index in [1.807, 2.05) is 30.3 Å². The Morgan fingerprint density at radius 3 is 2.58 bits per heavy atom. The van der Waals surface area contributed by atoms with Crippen LogP contribution in [0.4, 0.5) is 0 Å². The fraction of sp³-hybridized carbons (Fsp3) is 0.333. The van der Waals surface area contributed by atoms with E-state index in [1.54, 1.807) is 19.5 Å². The number of nitrogens with zero attached hydrogens (tertiary/aromatic N) is 4. The topological polar surface area (TPSA) is 80.4 Å². The number of hydrogen-bond donors (Lipinski definition) is 0. The van der Waals surface area contributed by atoms with Crippen LogP contribution in [0.3, 0.4) is 0 Å². The standard InChI is InChI=1S/C18H20N4O2/c1-23-17-8-6-15(7-9-17)18(16-10-12-20-21-14-16)22-24-13-5-3-2-4-11-19/h6-10,12,14H,2-5,13H2,1H3/b22-18-. The van der Waals surface area contributed by atoms with Crippen LogP contribution in [0.15, 0.2) is 47.9 Å². The number of benzene rings is 1. The highest BCUT2D eigenvalue weighted by Crippen LogP contribution is 2.15. The molecule has 6 heteroatoms. The second-order valence-electron chi connectivity index (χ2n) is 5.10. The van der Waals surface area contributed by atoms with Crippen LogP contribution < -0.4 is 4.74 Å². The molecule has 1 aromatic carbocycles. The first-order valence-electron chi connectivity index (χ1n) is 7.83. The third-order valence-electron chi connectivity index (χ3n) is 3.40. The number of rotatable bonds is 9. The molecule has 0 spiro atoms. The van der Waals surface area contributed by atoms with Gasteiger partial charge in [0.1, 0.15) is 18.1 Å². The van der Waals surface area contributed by atoms with Gasteiger partial charge in [0.25, 0.3) is 0 Å². The summed E-state index contributed by atoms with van der Waals surface area (Å²) in [5.41, 5.74) is 2.44. The van der Waals surface area contributed by atoms with Crippen molar-refractivity contribution in [3.63, 3.8) is 0 Å². The monoisotopic (exact) mass is 324 g/mol. The Bertz CT molecular complexity index is 678. The first-order chi connectivity index (χ1) is 11.8. The van der Waals surface area contributed by atoms with Crippen LogP contribution in [0.2, 0.25) is 0 Å². The quantitative estimate of drug-likeness (QED) is 0.401. The predicted octanol–water partition coefficient (Wildman–Crippen LogP) is 3.34. The maximum atomic E-state index is 8.51. The molecule has 0 saturated carbocycles. The van der Waals surface area contributed by atoms with E-state index in [0.717, 1.165) is 36.1 Å². The summed E-state index contributed by atoms with van der Waals surface area (Å²) in [5, 5.41) is 20.5. The van der Waals surface area contributed by atoms with Crippen molar-refractivity contribution in [3.8, 4) is 11.8 Å². The van der Waals surface area contributed by atoms with E-state index >= 15 is 0 Å². The molecule has 6 nitrogen and oxygen atoms in total. The molecule has 0 saturated heterocycles. The minimum atomic E-state index is 0.517. The lowest BCUT2D eigenvalue weighted by Crippen LogP contribution is -2.06. The SMILES string of the molecule is COc1ccc(/C(=N/OCCCCCC#N)c2ccnnc2)cc1. The molecule has 2 rings (SSSR count). The van der Waals surface area contributed by atoms with Crippen molar-refractivity contribution in [1.29, 1.82) is 5.26 Å². The molecule has 124 valence electrons. The minimum Gasteiger partial charge on any atom is -0.497 e. The van der Waals surface area contributed by atoms with Crippen LogP contribution in [0.25, 0.3) is 0 Å². The van der Waals surface area contributed by atoms with Crippen LogP contribution in [0.1, 0.15) is 36.8 Å². The van der Waals surface area contributed by atoms with Crippen LogP contribution >= 0.6 is 0 Å². The van der Waals surface area contributed by atoms with Gasteiger partial charge in [-0.2, -0.15) is 15.5 Å². The first kappa shape index (κ1) is 17.4. The second kappa shape index (κ2) is 9.95. The van der Waals surface area contributed by atoms with Crippen molar-refractivity contribution in [1.82, 2.24) is 10.2 Å². The molecule has 1 heterocycles. The van der Waals surface area contributed by atoms with Crippen molar-refractivity contribution in [2.75, 3.05) is 13.7 Å². The lowest BCUT2D eigenvalue weighted by molar-refractivity contribution is 0.140. The maximum Gasteiger partial charge on any atom is 0.118 e. The lowest BCUT2D eigenvalue weighted by atomic mass is 10.0. The molecular formula is C18H20N4O2. The number of unbranched alkanes of at least 4 members (excludes halogenated alkanes) is 3. The highest BCUT2D eigenvalue weighted by atomic mass is 16.6. The van der Waals surface area contributed by atoms with E-state index < -0.39 is 0 Å². The number of oxime groups is 1. The number of hydrogen-bond acceptors (Lipinski definition) is 6. The molecule has 1 aromatic heterocycles. The molecule has 2 aromatic rings. The zero-order chi connectivity index (χ0) is 17.0. The molecule has 0 aliphatic carbocycles. The van der Waals surface area contributed by atoms with E-state index in [9.17, 15) is 0 Å². The average Bonchev–Trinajstić information content (AvgIpc) is 2.65. The normalized spacial score (nSPS) is 10.9. The first-order valence-corrected chi connectivity index (χ1v) is 7.83. The van der Waals surface area contributed by atoms with Crippen LogP contribution in [0, 0.1) is 11.3 Å². The van der Waals surface area contributed by atoms with Crippen LogP contribution in [-0.4, -0.2) is 29.6 Å². The van der Waals surface area contributed by atoms with Gasteiger partial charge >= 0.3 is 0 Å². The summed E-state index contributed by atoms with van der Waals surface area (Å²) in [6, 6.07) is 11.6. The summed E-state index contributed by atoms with van der Waals surface area (Å²) in [5.74, 6) is 0.782. The molecule has 0 fully saturated rings. The van der Waals surface area contributed by atoms with Gasteiger partial charge in [-0.05, 0) is 49.6 Å². The third-order valence-corrected chi connectivity index (χ3v) is 3.40. The zero-order valence-electron chi connectivity index (χ0n) is 13.7. The fourth-order valence-corrected chi connectivity index (χ4v) is 2.11. The molecule has 0 radical (unpaired) electrons. The molecule has 24 heavy (non-hydrogen) atoms. The summed E-state index contributed by atoms with van der Waals surface area (Å²) in [7, 11) is 1.63. The number of aromatic nitrogens is 2. The number of ether oxygens (including phenoxy) is 1. The molecule has 0 aliphatic rings. The smallest absolute Gasteiger partial charge is 0.118 e. The van der Waals surface area contributed by atoms with Crippen LogP contribution in [-0.2, 0) is 4.84 Å². The van der Waals surface area contributed by atoms with E-state index in [-0.39, 0.29) is 0 Å². The van der Waals surface area contributed by atoms with Gasteiger partial charge in [0.2, 0.25) is 0 Å². The highest BCUT2D eigenvalue weighted by molar-refractivity contribution is 6.12. The van der Waals surface area contributed by atoms with Crippen molar-refractivity contribution in [2.24, 2.45) is 5.16 Å². The predicted molar refractivity (Wildman–Crippen MR) is 90.7 cm³/mol. The molecule has 0 bridgehead atoms. The minimum absolute atomic E-state index is 0.517. The zero-order valence-corrected chi connectivity index (χ0v) is 13.7. The molecule has 0 aliphatic heterocycles. The Morgan fingerprint density at radius 1 is 1.08 bits per heavy atom. The van der Waals surface area contributed by atoms with Gasteiger partial charge < -0.3 is 9.57 Å². The summed E-state index contributed by atoms with van der Waals surface area (Å²) < 4.78 is 5.18. The van der Waals surface area contributed by atoms with Crippen molar-refractivity contribution < 1.29 is 9.57 Å². The Labute approximate surface area is 141 Å². The maximum absolute atomic E-state index is 8.51. The van der Waals surface area contributed by atoms with Gasteiger partial charge in [0.15, 0.2) is 0 Å². The third kappa shape index (κ3) is 5.36. The molecular weight excluding hydrogens is 304 g/mol. The Hall–Kier alpha value is -2.94. The van der Waals surface area contributed by atoms with Crippen LogP contribution in [0.5, 0.6) is 5.75 Å². The summed E-state index contributed by atoms with van der Waals surface area (Å²) in [6.45, 7) is 0.517. The molecule has 0 N–H and O–H groups in total. The Kier molecular flexibility index (Phi) is 7.22. The molecule has 0 amide bonds. The van der Waals surface area contributed by atoms with Gasteiger partial charge in [0, 0.05) is 17.5 Å². The van der Waals surface area contributed by atoms with E-state index in [4.69, 9.17) is 14.8 Å². The fourth-order valence-electron chi connectivity index (χ4n) is 2.11. The Balaban J connectivity index is 2.06. The summed E-state index contributed by atoms with van der Waals surface area (Å²) >= 11 is 0. The van der Waals surface area contributed by atoms with Gasteiger partial charge in [-0.1, -0.05) is 5.16 Å². The van der Waals surface area contributed by atoms with Gasteiger partial charge in [-0.25, -0.2) is 0 Å². The van der Waals surface area contributed by atoms with E-state index in [0.29, 0.717) is 18.7 Å². The highest BCUT2D eigenvalue weighted by Gasteiger charge is 2.09. The van der Waals surface area contributed by atoms with Crippen molar-refractivity contribution in [3.05, 3.63) is 53.9 Å². The van der Waals surface area contributed by atoms with Crippen molar-refractivity contribution in [2.45, 2.75) is 25.7 Å².